The molecule has 1 unspecified atom stereocenters. The van der Waals surface area contributed by atoms with E-state index >= 15 is 0 Å². The van der Waals surface area contributed by atoms with Crippen LogP contribution in [-0.4, -0.2) is 4.98 Å². The molecule has 0 saturated carbocycles. The summed E-state index contributed by atoms with van der Waals surface area (Å²) in [6, 6.07) is 10.2. The molecule has 3 nitrogen and oxygen atoms in total. The summed E-state index contributed by atoms with van der Waals surface area (Å²) < 4.78 is 0. The van der Waals surface area contributed by atoms with Crippen LogP contribution in [0, 0.1) is 19.3 Å². The van der Waals surface area contributed by atoms with Crippen molar-refractivity contribution in [3.63, 3.8) is 0 Å². The number of nitrogens with two attached hydrogens (primary N) is 1. The van der Waals surface area contributed by atoms with Gasteiger partial charge in [0.15, 0.2) is 0 Å². The van der Waals surface area contributed by atoms with Gasteiger partial charge in [0.2, 0.25) is 0 Å². The number of benzene rings is 1. The van der Waals surface area contributed by atoms with Gasteiger partial charge in [-0.1, -0.05) is 18.2 Å². The largest absolute Gasteiger partial charge is 0.271 e. The third-order valence-corrected chi connectivity index (χ3v) is 3.03. The summed E-state index contributed by atoms with van der Waals surface area (Å²) in [4.78, 5) is 4.52. The van der Waals surface area contributed by atoms with Gasteiger partial charge in [-0.3, -0.25) is 16.3 Å². The summed E-state index contributed by atoms with van der Waals surface area (Å²) >= 11 is 0. The summed E-state index contributed by atoms with van der Waals surface area (Å²) in [5.74, 6) is 8.30. The second-order valence-corrected chi connectivity index (χ2v) is 4.33. The van der Waals surface area contributed by atoms with Gasteiger partial charge in [0.1, 0.15) is 0 Å². The molecule has 0 radical (unpaired) electrons. The quantitative estimate of drug-likeness (QED) is 0.489. The van der Waals surface area contributed by atoms with Crippen molar-refractivity contribution in [2.45, 2.75) is 25.8 Å². The van der Waals surface area contributed by atoms with Gasteiger partial charge in [-0.2, -0.15) is 0 Å². The number of rotatable bonds is 4. The van der Waals surface area contributed by atoms with Crippen LogP contribution >= 0.6 is 0 Å². The molecule has 0 aliphatic carbocycles. The Morgan fingerprint density at radius 1 is 1.44 bits per heavy atom. The van der Waals surface area contributed by atoms with Crippen LogP contribution in [0.15, 0.2) is 30.3 Å². The average molecular weight is 239 g/mol. The molecule has 1 heterocycles. The highest BCUT2D eigenvalue weighted by molar-refractivity contribution is 5.82. The maximum atomic E-state index is 5.65. The fourth-order valence-corrected chi connectivity index (χ4v) is 2.18. The molecule has 1 aromatic carbocycles. The first-order valence-electron chi connectivity index (χ1n) is 6.02. The number of pyridine rings is 1. The van der Waals surface area contributed by atoms with Gasteiger partial charge >= 0.3 is 0 Å². The first-order valence-corrected chi connectivity index (χ1v) is 6.02. The summed E-state index contributed by atoms with van der Waals surface area (Å²) in [5, 5.41) is 1.13. The van der Waals surface area contributed by atoms with Gasteiger partial charge in [0.05, 0.1) is 5.52 Å². The molecule has 2 rings (SSSR count). The van der Waals surface area contributed by atoms with Gasteiger partial charge < -0.3 is 0 Å². The first kappa shape index (κ1) is 12.6. The number of nitrogens with one attached hydrogen (secondary N) is 1. The lowest BCUT2D eigenvalue weighted by Crippen LogP contribution is -2.28. The van der Waals surface area contributed by atoms with Crippen molar-refractivity contribution in [2.75, 3.05) is 0 Å². The van der Waals surface area contributed by atoms with Crippen LogP contribution in [0.2, 0.25) is 0 Å². The Balaban J connectivity index is 2.51. The summed E-state index contributed by atoms with van der Waals surface area (Å²) in [6.07, 6.45) is 6.84. The van der Waals surface area contributed by atoms with Crippen molar-refractivity contribution in [3.05, 3.63) is 41.6 Å². The summed E-state index contributed by atoms with van der Waals surface area (Å²) in [6.45, 7) is 1.99. The molecule has 1 aromatic heterocycles. The Morgan fingerprint density at radius 3 is 2.94 bits per heavy atom. The van der Waals surface area contributed by atoms with E-state index in [2.05, 4.69) is 28.5 Å². The average Bonchev–Trinajstić information content (AvgIpc) is 2.39. The molecule has 0 fully saturated rings. The zero-order valence-electron chi connectivity index (χ0n) is 10.5. The number of hydrogen-bond acceptors (Lipinski definition) is 3. The molecule has 0 spiro atoms. The predicted octanol–water partition coefficient (Wildman–Crippen LogP) is 2.46. The molecular formula is C15H17N3. The molecular weight excluding hydrogens is 222 g/mol. The highest BCUT2D eigenvalue weighted by Crippen LogP contribution is 2.26. The van der Waals surface area contributed by atoms with E-state index in [0.29, 0.717) is 6.42 Å². The summed E-state index contributed by atoms with van der Waals surface area (Å²) in [7, 11) is 0. The maximum absolute atomic E-state index is 5.65. The van der Waals surface area contributed by atoms with E-state index in [0.717, 1.165) is 28.6 Å². The lowest BCUT2D eigenvalue weighted by molar-refractivity contribution is 0.526. The van der Waals surface area contributed by atoms with E-state index in [1.165, 1.54) is 0 Å². The van der Waals surface area contributed by atoms with Crippen LogP contribution in [-0.2, 0) is 0 Å². The molecule has 3 heteroatoms. The molecule has 0 aliphatic rings. The molecule has 18 heavy (non-hydrogen) atoms. The van der Waals surface area contributed by atoms with Crippen LogP contribution in [0.4, 0.5) is 0 Å². The standard InChI is InChI=1S/C15H17N3/c1-3-4-8-15(18-16)13-10-11(2)17-14-9-6-5-7-12(13)14/h1,5-7,9-10,15,18H,4,8,16H2,2H3. The Kier molecular flexibility index (Phi) is 3.93. The summed E-state index contributed by atoms with van der Waals surface area (Å²) in [5.41, 5.74) is 6.00. The van der Waals surface area contributed by atoms with E-state index in [-0.39, 0.29) is 6.04 Å². The number of para-hydroxylation sites is 1. The third kappa shape index (κ3) is 2.51. The smallest absolute Gasteiger partial charge is 0.0708 e. The van der Waals surface area contributed by atoms with Crippen molar-refractivity contribution in [2.24, 2.45) is 5.84 Å². The number of aromatic nitrogens is 1. The zero-order chi connectivity index (χ0) is 13.0. The minimum absolute atomic E-state index is 0.0626. The van der Waals surface area contributed by atoms with E-state index in [1.807, 2.05) is 25.1 Å². The van der Waals surface area contributed by atoms with Crippen molar-refractivity contribution in [1.29, 1.82) is 0 Å². The maximum Gasteiger partial charge on any atom is 0.0708 e. The lowest BCUT2D eigenvalue weighted by Gasteiger charge is -2.17. The second kappa shape index (κ2) is 5.63. The predicted molar refractivity (Wildman–Crippen MR) is 74.6 cm³/mol. The zero-order valence-corrected chi connectivity index (χ0v) is 10.5. The van der Waals surface area contributed by atoms with Crippen molar-refractivity contribution in [3.8, 4) is 12.3 Å². The second-order valence-electron chi connectivity index (χ2n) is 4.33. The lowest BCUT2D eigenvalue weighted by atomic mass is 9.98. The monoisotopic (exact) mass is 239 g/mol. The number of aryl methyl sites for hydroxylation is 1. The topological polar surface area (TPSA) is 50.9 Å². The van der Waals surface area contributed by atoms with E-state index in [1.54, 1.807) is 0 Å². The Morgan fingerprint density at radius 2 is 2.22 bits per heavy atom. The van der Waals surface area contributed by atoms with Gasteiger partial charge in [0, 0.05) is 23.5 Å². The van der Waals surface area contributed by atoms with Crippen LogP contribution in [0.5, 0.6) is 0 Å². The number of hydrazine groups is 1. The molecule has 1 atom stereocenters. The molecule has 2 aromatic rings. The SMILES string of the molecule is C#CCCC(NN)c1cc(C)nc2ccccc12. The van der Waals surface area contributed by atoms with Crippen molar-refractivity contribution >= 4 is 10.9 Å². The number of hydrogen-bond donors (Lipinski definition) is 2. The van der Waals surface area contributed by atoms with Gasteiger partial charge in [-0.15, -0.1) is 12.3 Å². The minimum atomic E-state index is 0.0626. The Labute approximate surface area is 107 Å². The van der Waals surface area contributed by atoms with Gasteiger partial charge in [-0.05, 0) is 31.0 Å². The van der Waals surface area contributed by atoms with Crippen LogP contribution in [0.25, 0.3) is 10.9 Å². The third-order valence-electron chi connectivity index (χ3n) is 3.03. The van der Waals surface area contributed by atoms with Crippen molar-refractivity contribution < 1.29 is 0 Å². The van der Waals surface area contributed by atoms with E-state index < -0.39 is 0 Å². The van der Waals surface area contributed by atoms with Crippen LogP contribution in [0.3, 0.4) is 0 Å². The van der Waals surface area contributed by atoms with Gasteiger partial charge in [0.25, 0.3) is 0 Å². The molecule has 0 aliphatic heterocycles. The molecule has 0 bridgehead atoms. The molecule has 0 saturated heterocycles. The fourth-order valence-electron chi connectivity index (χ4n) is 2.18. The highest BCUT2D eigenvalue weighted by atomic mass is 15.2. The number of terminal acetylenes is 1. The Hall–Kier alpha value is -1.89. The highest BCUT2D eigenvalue weighted by Gasteiger charge is 2.13. The molecule has 0 amide bonds. The molecule has 92 valence electrons. The normalized spacial score (nSPS) is 12.3. The van der Waals surface area contributed by atoms with E-state index in [9.17, 15) is 0 Å². The van der Waals surface area contributed by atoms with Crippen LogP contribution < -0.4 is 11.3 Å². The Bertz CT molecular complexity index is 584. The van der Waals surface area contributed by atoms with E-state index in [4.69, 9.17) is 12.3 Å². The first-order chi connectivity index (χ1) is 8.76. The van der Waals surface area contributed by atoms with Gasteiger partial charge in [-0.25, -0.2) is 0 Å². The molecule has 3 N–H and O–H groups in total. The minimum Gasteiger partial charge on any atom is -0.271 e. The number of fused-ring (bicyclic) bond motifs is 1. The fraction of sp³-hybridized carbons (Fsp3) is 0.267. The number of nitrogens with zero attached hydrogens (tertiary/aromatic N) is 1. The van der Waals surface area contributed by atoms with Crippen LogP contribution in [0.1, 0.15) is 30.1 Å². The van der Waals surface area contributed by atoms with Crippen molar-refractivity contribution in [1.82, 2.24) is 10.4 Å².